The summed E-state index contributed by atoms with van der Waals surface area (Å²) in [6, 6.07) is 68.0. The van der Waals surface area contributed by atoms with Gasteiger partial charge in [-0.05, 0) is 99.6 Å². The maximum Gasteiger partial charge on any atom is -0.00602 e. The Morgan fingerprint density at radius 2 is 0.771 bits per heavy atom. The van der Waals surface area contributed by atoms with Gasteiger partial charge in [0, 0.05) is 0 Å². The van der Waals surface area contributed by atoms with Gasteiger partial charge in [0.05, 0.1) is 0 Å². The average Bonchev–Trinajstić information content (AvgIpc) is 3.17. The van der Waals surface area contributed by atoms with E-state index in [0.29, 0.717) is 0 Å². The van der Waals surface area contributed by atoms with Crippen molar-refractivity contribution in [2.45, 2.75) is 25.7 Å². The zero-order valence-electron chi connectivity index (χ0n) is 27.2. The van der Waals surface area contributed by atoms with Gasteiger partial charge in [0.25, 0.3) is 0 Å². The third-order valence-corrected chi connectivity index (χ3v) is 46.0. The standard InChI is InChI=1S/C42H42P6/c1-2-19-35-44(38-32-30-37(31-33-38)36-20-8-3-9-21-36)46(40-24-12-5-13-25-40)48(42-28-16-7-17-29-42)47(41-26-14-6-15-27-41)45(43-34-18-1)39-22-10-4-11-23-39/h3-17,20-33,43H,1-2,18-19,34-35H2. The minimum Gasteiger partial charge on any atom is -0.0862 e. The van der Waals surface area contributed by atoms with Gasteiger partial charge in [0.1, 0.15) is 0 Å². The first-order chi connectivity index (χ1) is 23.9. The van der Waals surface area contributed by atoms with Crippen LogP contribution in [0.4, 0.5) is 0 Å². The molecule has 0 amide bonds. The molecule has 1 aliphatic rings. The van der Waals surface area contributed by atoms with E-state index in [0.717, 1.165) is 8.27 Å². The highest BCUT2D eigenvalue weighted by molar-refractivity contribution is 8.95. The highest BCUT2D eigenvalue weighted by Crippen LogP contribution is 3.03. The van der Waals surface area contributed by atoms with Crippen molar-refractivity contribution in [2.24, 2.45) is 0 Å². The second-order valence-electron chi connectivity index (χ2n) is 11.9. The summed E-state index contributed by atoms with van der Waals surface area (Å²) in [5.74, 6) is 0. The molecule has 7 rings (SSSR count). The van der Waals surface area contributed by atoms with Crippen molar-refractivity contribution in [3.8, 4) is 11.1 Å². The second kappa shape index (κ2) is 17.7. The van der Waals surface area contributed by atoms with Gasteiger partial charge in [0.15, 0.2) is 0 Å². The summed E-state index contributed by atoms with van der Waals surface area (Å²) >= 11 is 0. The second-order valence-corrected chi connectivity index (χ2v) is 35.0. The zero-order chi connectivity index (χ0) is 32.4. The van der Waals surface area contributed by atoms with Crippen molar-refractivity contribution in [2.75, 3.05) is 12.3 Å². The molecule has 0 radical (unpaired) electrons. The molecule has 0 bridgehead atoms. The highest BCUT2D eigenvalue weighted by atomic mass is 32.8. The van der Waals surface area contributed by atoms with E-state index in [1.165, 1.54) is 49.1 Å². The van der Waals surface area contributed by atoms with Crippen LogP contribution in [0.1, 0.15) is 25.7 Å². The van der Waals surface area contributed by atoms with E-state index in [1.54, 1.807) is 26.5 Å². The van der Waals surface area contributed by atoms with Gasteiger partial charge < -0.3 is 0 Å². The van der Waals surface area contributed by atoms with E-state index in [4.69, 9.17) is 0 Å². The molecule has 1 heterocycles. The number of hydrogen-bond acceptors (Lipinski definition) is 0. The molecule has 0 spiro atoms. The summed E-state index contributed by atoms with van der Waals surface area (Å²) in [5.41, 5.74) is 2.62. The fourth-order valence-electron chi connectivity index (χ4n) is 6.20. The van der Waals surface area contributed by atoms with E-state index < -0.39 is 29.5 Å². The van der Waals surface area contributed by atoms with Crippen LogP contribution in [-0.2, 0) is 0 Å². The van der Waals surface area contributed by atoms with E-state index >= 15 is 0 Å². The first kappa shape index (κ1) is 34.4. The lowest BCUT2D eigenvalue weighted by Crippen LogP contribution is -2.14. The number of hydrogen-bond donors (Lipinski definition) is 0. The van der Waals surface area contributed by atoms with E-state index in [9.17, 15) is 0 Å². The summed E-state index contributed by atoms with van der Waals surface area (Å²) in [4.78, 5) is 0. The molecule has 0 saturated carbocycles. The van der Waals surface area contributed by atoms with Gasteiger partial charge in [-0.1, -0.05) is 197 Å². The Balaban J connectivity index is 1.46. The Morgan fingerprint density at radius 1 is 0.333 bits per heavy atom. The molecule has 1 aliphatic heterocycles. The van der Waals surface area contributed by atoms with Crippen LogP contribution in [-0.4, -0.2) is 12.3 Å². The monoisotopic (exact) mass is 732 g/mol. The van der Waals surface area contributed by atoms with Gasteiger partial charge in [-0.2, -0.15) is 0 Å². The molecule has 6 aromatic carbocycles. The van der Waals surface area contributed by atoms with Crippen molar-refractivity contribution in [1.29, 1.82) is 0 Å². The first-order valence-corrected chi connectivity index (χ1v) is 28.7. The van der Waals surface area contributed by atoms with Crippen LogP contribution in [0.2, 0.25) is 0 Å². The molecule has 0 aliphatic carbocycles. The summed E-state index contributed by atoms with van der Waals surface area (Å²) in [6.45, 7) is 0. The minimum atomic E-state index is -0.522. The van der Waals surface area contributed by atoms with Gasteiger partial charge in [-0.25, -0.2) is 0 Å². The predicted molar refractivity (Wildman–Crippen MR) is 227 cm³/mol. The molecule has 1 fully saturated rings. The summed E-state index contributed by atoms with van der Waals surface area (Å²) < 4.78 is 0. The SMILES string of the molecule is c1ccc(-c2ccc(P3CCCCCCPP(c4ccccc4)P(c4ccccc4)P(c4ccccc4)P3c3ccccc3)cc2)cc1. The van der Waals surface area contributed by atoms with Crippen LogP contribution >= 0.6 is 45.1 Å². The van der Waals surface area contributed by atoms with Crippen LogP contribution in [0.15, 0.2) is 176 Å². The Bertz CT molecular complexity index is 1800. The van der Waals surface area contributed by atoms with Crippen LogP contribution in [0.5, 0.6) is 0 Å². The molecule has 0 N–H and O–H groups in total. The summed E-state index contributed by atoms with van der Waals surface area (Å²) in [6.07, 6.45) is 8.08. The number of rotatable bonds is 6. The van der Waals surface area contributed by atoms with E-state index in [2.05, 4.69) is 176 Å². The van der Waals surface area contributed by atoms with Gasteiger partial charge in [0.2, 0.25) is 0 Å². The minimum absolute atomic E-state index is 0.355. The number of benzene rings is 6. The first-order valence-electron chi connectivity index (χ1n) is 16.9. The molecule has 240 valence electrons. The third kappa shape index (κ3) is 8.43. The fraction of sp³-hybridized carbons (Fsp3) is 0.143. The van der Waals surface area contributed by atoms with Crippen molar-refractivity contribution in [3.63, 3.8) is 0 Å². The quantitative estimate of drug-likeness (QED) is 0.150. The maximum absolute atomic E-state index is 2.52. The van der Waals surface area contributed by atoms with Crippen molar-refractivity contribution in [3.05, 3.63) is 176 Å². The molecule has 6 heteroatoms. The Kier molecular flexibility index (Phi) is 12.7. The lowest BCUT2D eigenvalue weighted by atomic mass is 10.1. The Hall–Kier alpha value is -2.10. The summed E-state index contributed by atoms with van der Waals surface area (Å²) in [5, 5.41) is 8.03. The molecule has 0 aromatic heterocycles. The molecule has 6 aromatic rings. The Morgan fingerprint density at radius 3 is 1.33 bits per heavy atom. The smallest absolute Gasteiger partial charge is 0.00602 e. The van der Waals surface area contributed by atoms with Crippen molar-refractivity contribution < 1.29 is 0 Å². The Labute approximate surface area is 295 Å². The largest absolute Gasteiger partial charge is 0.0862 e. The van der Waals surface area contributed by atoms with Gasteiger partial charge >= 0.3 is 0 Å². The van der Waals surface area contributed by atoms with Crippen LogP contribution in [0, 0.1) is 0 Å². The van der Waals surface area contributed by atoms with E-state index in [-0.39, 0.29) is 7.30 Å². The normalized spacial score (nSPS) is 22.7. The molecule has 1 saturated heterocycles. The third-order valence-electron chi connectivity index (χ3n) is 8.57. The van der Waals surface area contributed by atoms with Gasteiger partial charge in [-0.3, -0.25) is 0 Å². The molecular weight excluding hydrogens is 690 g/mol. The molecule has 6 unspecified atom stereocenters. The van der Waals surface area contributed by atoms with Crippen molar-refractivity contribution in [1.82, 2.24) is 0 Å². The molecular formula is C42H42P6. The molecule has 0 nitrogen and oxygen atoms in total. The average molecular weight is 733 g/mol. The maximum atomic E-state index is 2.52. The van der Waals surface area contributed by atoms with Crippen LogP contribution in [0.3, 0.4) is 0 Å². The highest BCUT2D eigenvalue weighted by Gasteiger charge is 2.41. The van der Waals surface area contributed by atoms with Crippen LogP contribution < -0.4 is 26.5 Å². The predicted octanol–water partition coefficient (Wildman–Crippen LogP) is 12.5. The lowest BCUT2D eigenvalue weighted by molar-refractivity contribution is 0.710. The van der Waals surface area contributed by atoms with Crippen molar-refractivity contribution >= 4 is 71.6 Å². The van der Waals surface area contributed by atoms with E-state index in [1.807, 2.05) is 0 Å². The molecule has 48 heavy (non-hydrogen) atoms. The fourth-order valence-corrected chi connectivity index (χ4v) is 57.8. The summed E-state index contributed by atoms with van der Waals surface area (Å²) in [7, 11) is -1.28. The van der Waals surface area contributed by atoms with Crippen LogP contribution in [0.25, 0.3) is 11.1 Å². The topological polar surface area (TPSA) is 0 Å². The lowest BCUT2D eigenvalue weighted by Gasteiger charge is -2.43. The zero-order valence-corrected chi connectivity index (χ0v) is 32.7. The molecule has 6 atom stereocenters. The van der Waals surface area contributed by atoms with Gasteiger partial charge in [-0.15, -0.1) is 0 Å².